The van der Waals surface area contributed by atoms with E-state index in [2.05, 4.69) is 0 Å². The van der Waals surface area contributed by atoms with Crippen LogP contribution in [0.25, 0.3) is 0 Å². The Hall–Kier alpha value is -0.890. The number of benzene rings is 1. The van der Waals surface area contributed by atoms with Gasteiger partial charge in [-0.25, -0.2) is 4.39 Å². The smallest absolute Gasteiger partial charge is 0.226 e. The van der Waals surface area contributed by atoms with E-state index in [4.69, 9.17) is 11.6 Å². The van der Waals surface area contributed by atoms with Crippen molar-refractivity contribution < 1.29 is 9.18 Å². The molecule has 0 saturated heterocycles. The number of halogens is 2. The van der Waals surface area contributed by atoms with Crippen LogP contribution in [0, 0.1) is 19.7 Å². The van der Waals surface area contributed by atoms with Crippen LogP contribution in [0.3, 0.4) is 0 Å². The fourth-order valence-electron chi connectivity index (χ4n) is 1.30. The van der Waals surface area contributed by atoms with Crippen LogP contribution < -0.4 is 0 Å². The van der Waals surface area contributed by atoms with Crippen molar-refractivity contribution >= 4 is 16.8 Å². The first kappa shape index (κ1) is 10.2. The molecule has 0 aromatic heterocycles. The second-order valence-electron chi connectivity index (χ2n) is 3.08. The van der Waals surface area contributed by atoms with Crippen molar-refractivity contribution in [2.45, 2.75) is 20.3 Å². The molecule has 0 atom stereocenters. The highest BCUT2D eigenvalue weighted by Gasteiger charge is 2.06. The van der Waals surface area contributed by atoms with E-state index >= 15 is 0 Å². The van der Waals surface area contributed by atoms with Crippen LogP contribution in [0.5, 0.6) is 0 Å². The first-order valence-electron chi connectivity index (χ1n) is 3.94. The minimum Gasteiger partial charge on any atom is -0.281 e. The van der Waals surface area contributed by atoms with Crippen molar-refractivity contribution in [2.75, 3.05) is 0 Å². The van der Waals surface area contributed by atoms with Crippen LogP contribution in [-0.4, -0.2) is 5.24 Å². The van der Waals surface area contributed by atoms with E-state index in [1.165, 1.54) is 0 Å². The second kappa shape index (κ2) is 3.88. The molecule has 0 fully saturated rings. The van der Waals surface area contributed by atoms with Gasteiger partial charge in [-0.15, -0.1) is 0 Å². The molecule has 0 radical (unpaired) electrons. The Morgan fingerprint density at radius 1 is 1.38 bits per heavy atom. The van der Waals surface area contributed by atoms with Gasteiger partial charge in [0.25, 0.3) is 0 Å². The number of aryl methyl sites for hydroxylation is 2. The molecule has 0 aliphatic rings. The quantitative estimate of drug-likeness (QED) is 0.671. The van der Waals surface area contributed by atoms with Crippen LogP contribution in [-0.2, 0) is 11.2 Å². The SMILES string of the molecule is Cc1cc(CC(=O)Cl)cc(C)c1F. The summed E-state index contributed by atoms with van der Waals surface area (Å²) in [5.41, 5.74) is 1.86. The van der Waals surface area contributed by atoms with E-state index in [0.29, 0.717) is 11.1 Å². The molecule has 0 heterocycles. The molecule has 3 heteroatoms. The lowest BCUT2D eigenvalue weighted by Crippen LogP contribution is -1.97. The Kier molecular flexibility index (Phi) is 3.04. The van der Waals surface area contributed by atoms with Gasteiger partial charge in [0.15, 0.2) is 0 Å². The Labute approximate surface area is 81.5 Å². The van der Waals surface area contributed by atoms with Gasteiger partial charge in [0.05, 0.1) is 0 Å². The Morgan fingerprint density at radius 3 is 2.23 bits per heavy atom. The normalized spacial score (nSPS) is 10.2. The zero-order valence-electron chi connectivity index (χ0n) is 7.53. The van der Waals surface area contributed by atoms with Crippen molar-refractivity contribution in [3.05, 3.63) is 34.6 Å². The van der Waals surface area contributed by atoms with E-state index in [-0.39, 0.29) is 12.2 Å². The summed E-state index contributed by atoms with van der Waals surface area (Å²) < 4.78 is 13.1. The third-order valence-corrected chi connectivity index (χ3v) is 1.97. The molecule has 0 spiro atoms. The summed E-state index contributed by atoms with van der Waals surface area (Å²) in [5.74, 6) is -0.217. The maximum Gasteiger partial charge on any atom is 0.226 e. The van der Waals surface area contributed by atoms with E-state index in [1.54, 1.807) is 26.0 Å². The number of carbonyl (C=O) groups excluding carboxylic acids is 1. The number of hydrogen-bond donors (Lipinski definition) is 0. The molecule has 0 aliphatic carbocycles. The zero-order valence-corrected chi connectivity index (χ0v) is 8.28. The largest absolute Gasteiger partial charge is 0.281 e. The molecule has 1 aromatic carbocycles. The molecule has 70 valence electrons. The van der Waals surface area contributed by atoms with Gasteiger partial charge in [0.2, 0.25) is 5.24 Å². The summed E-state index contributed by atoms with van der Waals surface area (Å²) in [6.45, 7) is 3.34. The van der Waals surface area contributed by atoms with Gasteiger partial charge < -0.3 is 0 Å². The number of rotatable bonds is 2. The summed E-state index contributed by atoms with van der Waals surface area (Å²) in [5, 5.41) is -0.426. The molecule has 0 saturated carbocycles. The monoisotopic (exact) mass is 200 g/mol. The molecule has 13 heavy (non-hydrogen) atoms. The van der Waals surface area contributed by atoms with Crippen molar-refractivity contribution in [1.29, 1.82) is 0 Å². The summed E-state index contributed by atoms with van der Waals surface area (Å²) in [6, 6.07) is 3.28. The average Bonchev–Trinajstić information content (AvgIpc) is 1.98. The fraction of sp³-hybridized carbons (Fsp3) is 0.300. The molecule has 0 amide bonds. The lowest BCUT2D eigenvalue weighted by molar-refractivity contribution is -0.111. The average molecular weight is 201 g/mol. The third-order valence-electron chi connectivity index (χ3n) is 1.84. The first-order chi connectivity index (χ1) is 6.00. The Morgan fingerprint density at radius 2 is 1.85 bits per heavy atom. The van der Waals surface area contributed by atoms with E-state index in [0.717, 1.165) is 5.56 Å². The molecular formula is C10H10ClFO. The molecule has 0 aliphatic heterocycles. The molecule has 1 nitrogen and oxygen atoms in total. The van der Waals surface area contributed by atoms with Gasteiger partial charge in [-0.1, -0.05) is 12.1 Å². The molecule has 0 bridgehead atoms. The van der Waals surface area contributed by atoms with Gasteiger partial charge in [-0.05, 0) is 42.1 Å². The van der Waals surface area contributed by atoms with Crippen molar-refractivity contribution in [2.24, 2.45) is 0 Å². The topological polar surface area (TPSA) is 17.1 Å². The minimum absolute atomic E-state index is 0.156. The summed E-state index contributed by atoms with van der Waals surface area (Å²) >= 11 is 5.22. The van der Waals surface area contributed by atoms with E-state index in [9.17, 15) is 9.18 Å². The van der Waals surface area contributed by atoms with E-state index in [1.807, 2.05) is 0 Å². The highest BCUT2D eigenvalue weighted by Crippen LogP contribution is 2.15. The first-order valence-corrected chi connectivity index (χ1v) is 4.32. The highest BCUT2D eigenvalue weighted by molar-refractivity contribution is 6.63. The predicted octanol–water partition coefficient (Wildman–Crippen LogP) is 2.75. The zero-order chi connectivity index (χ0) is 10.0. The molecular weight excluding hydrogens is 191 g/mol. The van der Waals surface area contributed by atoms with Gasteiger partial charge in [0, 0.05) is 6.42 Å². The van der Waals surface area contributed by atoms with Crippen molar-refractivity contribution in [1.82, 2.24) is 0 Å². The Balaban J connectivity index is 3.06. The van der Waals surface area contributed by atoms with Gasteiger partial charge in [-0.2, -0.15) is 0 Å². The van der Waals surface area contributed by atoms with Crippen molar-refractivity contribution in [3.63, 3.8) is 0 Å². The highest BCUT2D eigenvalue weighted by atomic mass is 35.5. The van der Waals surface area contributed by atoms with Gasteiger partial charge in [-0.3, -0.25) is 4.79 Å². The second-order valence-corrected chi connectivity index (χ2v) is 3.50. The van der Waals surface area contributed by atoms with Crippen LogP contribution in [0.1, 0.15) is 16.7 Å². The lowest BCUT2D eigenvalue weighted by Gasteiger charge is -2.04. The maximum absolute atomic E-state index is 13.1. The van der Waals surface area contributed by atoms with Crippen LogP contribution in [0.15, 0.2) is 12.1 Å². The number of carbonyl (C=O) groups is 1. The summed E-state index contributed by atoms with van der Waals surface area (Å²) in [6.07, 6.45) is 0.156. The van der Waals surface area contributed by atoms with Gasteiger partial charge >= 0.3 is 0 Å². The molecule has 0 N–H and O–H groups in total. The molecule has 0 unspecified atom stereocenters. The third kappa shape index (κ3) is 2.52. The Bertz CT molecular complexity index is 324. The maximum atomic E-state index is 13.1. The van der Waals surface area contributed by atoms with Gasteiger partial charge in [0.1, 0.15) is 5.82 Å². The lowest BCUT2D eigenvalue weighted by atomic mass is 10.0. The standard InChI is InChI=1S/C10H10ClFO/c1-6-3-8(5-9(11)13)4-7(2)10(6)12/h3-4H,5H2,1-2H3. The van der Waals surface area contributed by atoms with Crippen molar-refractivity contribution in [3.8, 4) is 0 Å². The van der Waals surface area contributed by atoms with Crippen LogP contribution >= 0.6 is 11.6 Å². The fourth-order valence-corrected chi connectivity index (χ4v) is 1.45. The summed E-state index contributed by atoms with van der Waals surface area (Å²) in [4.78, 5) is 10.6. The molecule has 1 rings (SSSR count). The van der Waals surface area contributed by atoms with E-state index < -0.39 is 5.24 Å². The summed E-state index contributed by atoms with van der Waals surface area (Å²) in [7, 11) is 0. The molecule has 1 aromatic rings. The predicted molar refractivity (Wildman–Crippen MR) is 50.4 cm³/mol. The number of hydrogen-bond acceptors (Lipinski definition) is 1. The minimum atomic E-state index is -0.426. The van der Waals surface area contributed by atoms with Crippen LogP contribution in [0.4, 0.5) is 4.39 Å². The van der Waals surface area contributed by atoms with Crippen LogP contribution in [0.2, 0.25) is 0 Å².